The summed E-state index contributed by atoms with van der Waals surface area (Å²) in [7, 11) is 0. The smallest absolute Gasteiger partial charge is 0.236 e. The van der Waals surface area contributed by atoms with Gasteiger partial charge in [-0.3, -0.25) is 9.69 Å². The van der Waals surface area contributed by atoms with Gasteiger partial charge in [-0.05, 0) is 18.2 Å². The van der Waals surface area contributed by atoms with Gasteiger partial charge in [0.1, 0.15) is 17.7 Å². The van der Waals surface area contributed by atoms with Crippen LogP contribution in [-0.4, -0.2) is 36.5 Å². The standard InChI is InChI=1S/C12H15F2N3O/c13-9-1-2-10(14)8(5-9)7-17-4-3-16-6-11(17)12(15)18/h1-2,5,11,16H,3-4,6-7H2,(H2,15,18). The van der Waals surface area contributed by atoms with E-state index in [-0.39, 0.29) is 12.1 Å². The number of nitrogens with two attached hydrogens (primary N) is 1. The van der Waals surface area contributed by atoms with Crippen LogP contribution >= 0.6 is 0 Å². The molecule has 1 heterocycles. The number of halogens is 2. The van der Waals surface area contributed by atoms with E-state index in [0.717, 1.165) is 18.2 Å². The van der Waals surface area contributed by atoms with Gasteiger partial charge in [0.05, 0.1) is 0 Å². The summed E-state index contributed by atoms with van der Waals surface area (Å²) in [6.07, 6.45) is 0. The first-order chi connectivity index (χ1) is 8.58. The van der Waals surface area contributed by atoms with Crippen molar-refractivity contribution in [1.29, 1.82) is 0 Å². The van der Waals surface area contributed by atoms with Crippen molar-refractivity contribution in [2.45, 2.75) is 12.6 Å². The highest BCUT2D eigenvalue weighted by molar-refractivity contribution is 5.80. The van der Waals surface area contributed by atoms with Gasteiger partial charge >= 0.3 is 0 Å². The van der Waals surface area contributed by atoms with E-state index in [2.05, 4.69) is 5.32 Å². The molecule has 1 unspecified atom stereocenters. The van der Waals surface area contributed by atoms with Crippen LogP contribution in [-0.2, 0) is 11.3 Å². The number of primary amides is 1. The molecule has 1 amide bonds. The van der Waals surface area contributed by atoms with Gasteiger partial charge in [-0.1, -0.05) is 0 Å². The Hall–Kier alpha value is -1.53. The Morgan fingerprint density at radius 2 is 2.28 bits per heavy atom. The normalized spacial score (nSPS) is 20.9. The Balaban J connectivity index is 2.15. The maximum atomic E-state index is 13.5. The Kier molecular flexibility index (Phi) is 3.88. The van der Waals surface area contributed by atoms with E-state index in [9.17, 15) is 13.6 Å². The third kappa shape index (κ3) is 2.83. The van der Waals surface area contributed by atoms with Crippen LogP contribution in [0.5, 0.6) is 0 Å². The Morgan fingerprint density at radius 1 is 1.50 bits per heavy atom. The topological polar surface area (TPSA) is 58.4 Å². The van der Waals surface area contributed by atoms with Crippen molar-refractivity contribution < 1.29 is 13.6 Å². The lowest BCUT2D eigenvalue weighted by molar-refractivity contribution is -0.124. The van der Waals surface area contributed by atoms with E-state index >= 15 is 0 Å². The molecule has 18 heavy (non-hydrogen) atoms. The first-order valence-corrected chi connectivity index (χ1v) is 5.76. The van der Waals surface area contributed by atoms with Crippen molar-refractivity contribution in [3.63, 3.8) is 0 Å². The van der Waals surface area contributed by atoms with Crippen molar-refractivity contribution in [3.8, 4) is 0 Å². The number of hydrogen-bond acceptors (Lipinski definition) is 3. The average molecular weight is 255 g/mol. The quantitative estimate of drug-likeness (QED) is 0.812. The summed E-state index contributed by atoms with van der Waals surface area (Å²) < 4.78 is 26.6. The van der Waals surface area contributed by atoms with Gasteiger partial charge in [0.25, 0.3) is 0 Å². The molecule has 0 aliphatic carbocycles. The fourth-order valence-electron chi connectivity index (χ4n) is 2.10. The highest BCUT2D eigenvalue weighted by Gasteiger charge is 2.27. The summed E-state index contributed by atoms with van der Waals surface area (Å²) in [5.74, 6) is -1.42. The first-order valence-electron chi connectivity index (χ1n) is 5.76. The zero-order valence-electron chi connectivity index (χ0n) is 9.83. The minimum atomic E-state index is -0.489. The monoisotopic (exact) mass is 255 g/mol. The minimum Gasteiger partial charge on any atom is -0.368 e. The van der Waals surface area contributed by atoms with Crippen molar-refractivity contribution >= 4 is 5.91 Å². The third-order valence-corrected chi connectivity index (χ3v) is 3.06. The summed E-state index contributed by atoms with van der Waals surface area (Å²) in [4.78, 5) is 13.0. The molecule has 0 saturated carbocycles. The molecule has 0 radical (unpaired) electrons. The second-order valence-corrected chi connectivity index (χ2v) is 4.33. The molecule has 1 aromatic rings. The van der Waals surface area contributed by atoms with Crippen LogP contribution in [0.1, 0.15) is 5.56 Å². The predicted octanol–water partition coefficient (Wildman–Crippen LogP) is 0.224. The van der Waals surface area contributed by atoms with Crippen molar-refractivity contribution in [3.05, 3.63) is 35.4 Å². The predicted molar refractivity (Wildman–Crippen MR) is 62.6 cm³/mol. The molecule has 98 valence electrons. The van der Waals surface area contributed by atoms with Crippen LogP contribution in [0.2, 0.25) is 0 Å². The zero-order chi connectivity index (χ0) is 13.1. The molecule has 0 spiro atoms. The summed E-state index contributed by atoms with van der Waals surface area (Å²) >= 11 is 0. The summed E-state index contributed by atoms with van der Waals surface area (Å²) in [6, 6.07) is 2.82. The number of amides is 1. The molecule has 0 bridgehead atoms. The fraction of sp³-hybridized carbons (Fsp3) is 0.417. The number of rotatable bonds is 3. The number of nitrogens with zero attached hydrogens (tertiary/aromatic N) is 1. The highest BCUT2D eigenvalue weighted by Crippen LogP contribution is 2.15. The number of hydrogen-bond donors (Lipinski definition) is 2. The Morgan fingerprint density at radius 3 is 3.00 bits per heavy atom. The molecule has 3 N–H and O–H groups in total. The molecular weight excluding hydrogens is 240 g/mol. The molecule has 1 saturated heterocycles. The molecule has 2 rings (SSSR count). The lowest BCUT2D eigenvalue weighted by Gasteiger charge is -2.34. The number of carbonyl (C=O) groups excluding carboxylic acids is 1. The number of benzene rings is 1. The van der Waals surface area contributed by atoms with E-state index in [4.69, 9.17) is 5.73 Å². The molecule has 1 aliphatic heterocycles. The van der Waals surface area contributed by atoms with Crippen molar-refractivity contribution in [1.82, 2.24) is 10.2 Å². The summed E-state index contributed by atoms with van der Waals surface area (Å²) in [5, 5.41) is 3.05. The van der Waals surface area contributed by atoms with E-state index in [1.165, 1.54) is 0 Å². The van der Waals surface area contributed by atoms with Gasteiger partial charge in [-0.2, -0.15) is 0 Å². The van der Waals surface area contributed by atoms with Gasteiger partial charge < -0.3 is 11.1 Å². The van der Waals surface area contributed by atoms with E-state index in [0.29, 0.717) is 19.6 Å². The third-order valence-electron chi connectivity index (χ3n) is 3.06. The number of nitrogens with one attached hydrogen (secondary N) is 1. The molecular formula is C12H15F2N3O. The molecule has 1 fully saturated rings. The maximum Gasteiger partial charge on any atom is 0.236 e. The maximum absolute atomic E-state index is 13.5. The SMILES string of the molecule is NC(=O)C1CNCCN1Cc1cc(F)ccc1F. The van der Waals surface area contributed by atoms with Gasteiger partial charge in [0.2, 0.25) is 5.91 Å². The van der Waals surface area contributed by atoms with E-state index < -0.39 is 23.6 Å². The van der Waals surface area contributed by atoms with Crippen LogP contribution in [0.4, 0.5) is 8.78 Å². The second kappa shape index (κ2) is 5.41. The van der Waals surface area contributed by atoms with Crippen molar-refractivity contribution in [2.24, 2.45) is 5.73 Å². The minimum absolute atomic E-state index is 0.179. The molecule has 1 atom stereocenters. The fourth-order valence-corrected chi connectivity index (χ4v) is 2.10. The van der Waals surface area contributed by atoms with Crippen LogP contribution < -0.4 is 11.1 Å². The zero-order valence-corrected chi connectivity index (χ0v) is 9.83. The van der Waals surface area contributed by atoms with E-state index in [1.807, 2.05) is 0 Å². The van der Waals surface area contributed by atoms with Crippen LogP contribution in [0, 0.1) is 11.6 Å². The Bertz CT molecular complexity index is 453. The number of carbonyl (C=O) groups is 1. The molecule has 4 nitrogen and oxygen atoms in total. The largest absolute Gasteiger partial charge is 0.368 e. The highest BCUT2D eigenvalue weighted by atomic mass is 19.1. The Labute approximate surface area is 104 Å². The average Bonchev–Trinajstić information content (AvgIpc) is 2.34. The summed E-state index contributed by atoms with van der Waals surface area (Å²) in [5.41, 5.74) is 5.53. The van der Waals surface area contributed by atoms with Crippen LogP contribution in [0.25, 0.3) is 0 Å². The van der Waals surface area contributed by atoms with E-state index in [1.54, 1.807) is 4.90 Å². The molecule has 1 aromatic carbocycles. The molecule has 1 aliphatic rings. The lowest BCUT2D eigenvalue weighted by Crippen LogP contribution is -2.56. The van der Waals surface area contributed by atoms with Gasteiger partial charge in [-0.25, -0.2) is 8.78 Å². The number of piperazine rings is 1. The van der Waals surface area contributed by atoms with Gasteiger partial charge in [0, 0.05) is 31.7 Å². The molecule has 6 heteroatoms. The summed E-state index contributed by atoms with van der Waals surface area (Å²) in [6.45, 7) is 1.88. The lowest BCUT2D eigenvalue weighted by atomic mass is 10.1. The van der Waals surface area contributed by atoms with Crippen molar-refractivity contribution in [2.75, 3.05) is 19.6 Å². The molecule has 0 aromatic heterocycles. The van der Waals surface area contributed by atoms with Gasteiger partial charge in [0.15, 0.2) is 0 Å². The van der Waals surface area contributed by atoms with Crippen LogP contribution in [0.3, 0.4) is 0 Å². The second-order valence-electron chi connectivity index (χ2n) is 4.33. The van der Waals surface area contributed by atoms with Gasteiger partial charge in [-0.15, -0.1) is 0 Å². The van der Waals surface area contributed by atoms with Crippen LogP contribution in [0.15, 0.2) is 18.2 Å². The first kappa shape index (κ1) is 12.9.